The van der Waals surface area contributed by atoms with E-state index in [2.05, 4.69) is 36.4 Å². The van der Waals surface area contributed by atoms with Crippen LogP contribution in [-0.2, 0) is 9.59 Å². The number of amidine groups is 1. The molecule has 0 bridgehead atoms. The van der Waals surface area contributed by atoms with Gasteiger partial charge in [-0.25, -0.2) is 5.01 Å². The van der Waals surface area contributed by atoms with E-state index in [9.17, 15) is 9.59 Å². The second kappa shape index (κ2) is 6.30. The Hall–Kier alpha value is -1.82. The number of nitrogens with zero attached hydrogens (tertiary/aromatic N) is 2. The van der Waals surface area contributed by atoms with Gasteiger partial charge < -0.3 is 5.32 Å². The summed E-state index contributed by atoms with van der Waals surface area (Å²) in [4.78, 5) is 22.9. The van der Waals surface area contributed by atoms with E-state index < -0.39 is 0 Å². The number of carbonyl (C=O) groups is 2. The van der Waals surface area contributed by atoms with E-state index in [0.29, 0.717) is 11.1 Å². The van der Waals surface area contributed by atoms with Crippen LogP contribution >= 0.6 is 11.8 Å². The van der Waals surface area contributed by atoms with Crippen molar-refractivity contribution in [3.8, 4) is 0 Å². The second-order valence-corrected chi connectivity index (χ2v) is 6.31. The zero-order valence-electron chi connectivity index (χ0n) is 12.6. The summed E-state index contributed by atoms with van der Waals surface area (Å²) in [6, 6.07) is 8.15. The van der Waals surface area contributed by atoms with Gasteiger partial charge in [0.1, 0.15) is 5.37 Å². The molecule has 1 heterocycles. The maximum absolute atomic E-state index is 11.7. The monoisotopic (exact) mass is 305 g/mol. The quantitative estimate of drug-likeness (QED) is 0.914. The van der Waals surface area contributed by atoms with Gasteiger partial charge in [0.25, 0.3) is 0 Å². The lowest BCUT2D eigenvalue weighted by atomic mass is 10.0. The molecule has 0 aliphatic carbocycles. The van der Waals surface area contributed by atoms with Gasteiger partial charge in [-0.05, 0) is 17.0 Å². The fourth-order valence-electron chi connectivity index (χ4n) is 2.02. The number of hydrazone groups is 1. The summed E-state index contributed by atoms with van der Waals surface area (Å²) >= 11 is 1.37. The van der Waals surface area contributed by atoms with Crippen LogP contribution in [0.25, 0.3) is 0 Å². The van der Waals surface area contributed by atoms with Gasteiger partial charge in [-0.1, -0.05) is 49.9 Å². The van der Waals surface area contributed by atoms with Gasteiger partial charge in [0.15, 0.2) is 5.17 Å². The molecule has 1 aliphatic rings. The molecule has 0 saturated heterocycles. The molecule has 1 N–H and O–H groups in total. The van der Waals surface area contributed by atoms with Crippen molar-refractivity contribution in [2.45, 2.75) is 39.0 Å². The number of carbonyl (C=O) groups excluding carboxylic acids is 2. The summed E-state index contributed by atoms with van der Waals surface area (Å²) in [7, 11) is 0. The molecule has 0 saturated carbocycles. The van der Waals surface area contributed by atoms with E-state index in [1.54, 1.807) is 0 Å². The number of nitrogens with one attached hydrogen (secondary N) is 1. The predicted molar refractivity (Wildman–Crippen MR) is 84.6 cm³/mol. The van der Waals surface area contributed by atoms with Crippen LogP contribution in [0.2, 0.25) is 0 Å². The Morgan fingerprint density at radius 2 is 1.86 bits per heavy atom. The lowest BCUT2D eigenvalue weighted by molar-refractivity contribution is -0.129. The lowest BCUT2D eigenvalue weighted by Gasteiger charge is -2.19. The molecule has 6 heteroatoms. The molecule has 0 fully saturated rings. The van der Waals surface area contributed by atoms with Gasteiger partial charge in [0.2, 0.25) is 11.8 Å². The van der Waals surface area contributed by atoms with Crippen molar-refractivity contribution in [2.75, 3.05) is 0 Å². The number of hydrogen-bond acceptors (Lipinski definition) is 4. The number of thioether (sulfide) groups is 1. The van der Waals surface area contributed by atoms with Crippen LogP contribution in [0.3, 0.4) is 0 Å². The number of amides is 2. The SMILES string of the molecule is CC(=O)NC1=NN(C(C)=O)[C@H](c2ccc(C(C)C)cc2)S1. The third kappa shape index (κ3) is 3.64. The minimum absolute atomic E-state index is 0.152. The predicted octanol–water partition coefficient (Wildman–Crippen LogP) is 2.81. The lowest BCUT2D eigenvalue weighted by Crippen LogP contribution is -2.25. The molecule has 5 nitrogen and oxygen atoms in total. The summed E-state index contributed by atoms with van der Waals surface area (Å²) in [5.41, 5.74) is 2.24. The van der Waals surface area contributed by atoms with E-state index in [4.69, 9.17) is 0 Å². The standard InChI is InChI=1S/C15H19N3O2S/c1-9(2)12-5-7-13(8-6-12)14-18(11(4)20)17-15(21-14)16-10(3)19/h5-9,14H,1-4H3,(H,16,17,19)/t14-/m0/s1. The Kier molecular flexibility index (Phi) is 4.67. The molecule has 0 aromatic heterocycles. The van der Waals surface area contributed by atoms with Gasteiger partial charge in [-0.15, -0.1) is 5.10 Å². The topological polar surface area (TPSA) is 61.8 Å². The Balaban J connectivity index is 2.22. The highest BCUT2D eigenvalue weighted by Gasteiger charge is 2.32. The van der Waals surface area contributed by atoms with E-state index in [1.807, 2.05) is 12.1 Å². The van der Waals surface area contributed by atoms with Crippen molar-refractivity contribution < 1.29 is 9.59 Å². The average Bonchev–Trinajstić information content (AvgIpc) is 2.82. The first-order valence-corrected chi connectivity index (χ1v) is 7.69. The molecule has 0 spiro atoms. The molecule has 0 unspecified atom stereocenters. The largest absolute Gasteiger partial charge is 0.304 e. The van der Waals surface area contributed by atoms with Gasteiger partial charge in [0, 0.05) is 13.8 Å². The van der Waals surface area contributed by atoms with Crippen LogP contribution in [0, 0.1) is 0 Å². The minimum Gasteiger partial charge on any atom is -0.304 e. The summed E-state index contributed by atoms with van der Waals surface area (Å²) in [6.45, 7) is 7.17. The van der Waals surface area contributed by atoms with E-state index in [0.717, 1.165) is 5.56 Å². The Morgan fingerprint density at radius 3 is 2.33 bits per heavy atom. The zero-order valence-corrected chi connectivity index (χ0v) is 13.4. The van der Waals surface area contributed by atoms with E-state index in [1.165, 1.54) is 36.2 Å². The number of rotatable bonds is 2. The van der Waals surface area contributed by atoms with Gasteiger partial charge in [-0.2, -0.15) is 0 Å². The molecule has 2 rings (SSSR count). The molecular formula is C15H19N3O2S. The van der Waals surface area contributed by atoms with Crippen molar-refractivity contribution in [1.29, 1.82) is 0 Å². The highest BCUT2D eigenvalue weighted by Crippen LogP contribution is 2.38. The normalized spacial score (nSPS) is 17.9. The average molecular weight is 305 g/mol. The third-order valence-corrected chi connectivity index (χ3v) is 4.24. The van der Waals surface area contributed by atoms with Crippen LogP contribution in [0.1, 0.15) is 50.1 Å². The summed E-state index contributed by atoms with van der Waals surface area (Å²) in [5.74, 6) is 0.117. The molecule has 1 atom stereocenters. The minimum atomic E-state index is -0.231. The Labute approximate surface area is 128 Å². The van der Waals surface area contributed by atoms with Crippen molar-refractivity contribution in [2.24, 2.45) is 5.10 Å². The van der Waals surface area contributed by atoms with Crippen LogP contribution in [0.5, 0.6) is 0 Å². The van der Waals surface area contributed by atoms with E-state index >= 15 is 0 Å². The van der Waals surface area contributed by atoms with Gasteiger partial charge in [-0.3, -0.25) is 9.59 Å². The number of hydrogen-bond donors (Lipinski definition) is 1. The Morgan fingerprint density at radius 1 is 1.24 bits per heavy atom. The van der Waals surface area contributed by atoms with Crippen molar-refractivity contribution in [3.63, 3.8) is 0 Å². The van der Waals surface area contributed by atoms with Crippen molar-refractivity contribution in [1.82, 2.24) is 10.3 Å². The first kappa shape index (κ1) is 15.6. The van der Waals surface area contributed by atoms with Gasteiger partial charge >= 0.3 is 0 Å². The van der Waals surface area contributed by atoms with E-state index in [-0.39, 0.29) is 17.2 Å². The maximum Gasteiger partial charge on any atom is 0.241 e. The first-order chi connectivity index (χ1) is 9.88. The molecule has 2 amide bonds. The summed E-state index contributed by atoms with van der Waals surface area (Å²) in [5, 5.41) is 8.44. The maximum atomic E-state index is 11.7. The molecule has 21 heavy (non-hydrogen) atoms. The molecule has 1 aliphatic heterocycles. The smallest absolute Gasteiger partial charge is 0.241 e. The molecular weight excluding hydrogens is 286 g/mol. The summed E-state index contributed by atoms with van der Waals surface area (Å²) in [6.07, 6.45) is 0. The van der Waals surface area contributed by atoms with Gasteiger partial charge in [0.05, 0.1) is 0 Å². The summed E-state index contributed by atoms with van der Waals surface area (Å²) < 4.78 is 0. The fourth-order valence-corrected chi connectivity index (χ4v) is 3.16. The molecule has 1 aromatic carbocycles. The van der Waals surface area contributed by atoms with Crippen LogP contribution in [0.4, 0.5) is 0 Å². The molecule has 112 valence electrons. The van der Waals surface area contributed by atoms with Crippen molar-refractivity contribution in [3.05, 3.63) is 35.4 Å². The Bertz CT molecular complexity index is 581. The highest BCUT2D eigenvalue weighted by atomic mass is 32.2. The number of benzene rings is 1. The highest BCUT2D eigenvalue weighted by molar-refractivity contribution is 8.14. The first-order valence-electron chi connectivity index (χ1n) is 6.81. The van der Waals surface area contributed by atoms with Crippen molar-refractivity contribution >= 4 is 28.7 Å². The van der Waals surface area contributed by atoms with Crippen LogP contribution in [0.15, 0.2) is 29.4 Å². The second-order valence-electron chi connectivity index (χ2n) is 5.24. The van der Waals surface area contributed by atoms with Crippen LogP contribution in [-0.4, -0.2) is 22.0 Å². The zero-order chi connectivity index (χ0) is 15.6. The third-order valence-electron chi connectivity index (χ3n) is 3.14. The molecule has 0 radical (unpaired) electrons. The van der Waals surface area contributed by atoms with Crippen LogP contribution < -0.4 is 5.32 Å². The fraction of sp³-hybridized carbons (Fsp3) is 0.400. The molecule has 1 aromatic rings.